The van der Waals surface area contributed by atoms with E-state index < -0.39 is 5.82 Å². The minimum atomic E-state index is -0.423. The van der Waals surface area contributed by atoms with E-state index in [0.29, 0.717) is 28.3 Å². The number of fused-ring (bicyclic) bond motifs is 1. The van der Waals surface area contributed by atoms with Gasteiger partial charge in [0.05, 0.1) is 23.2 Å². The van der Waals surface area contributed by atoms with Crippen LogP contribution in [0.5, 0.6) is 0 Å². The minimum absolute atomic E-state index is 0.0369. The van der Waals surface area contributed by atoms with E-state index in [9.17, 15) is 14.0 Å². The molecule has 4 aromatic rings. The van der Waals surface area contributed by atoms with Crippen LogP contribution in [0.25, 0.3) is 10.9 Å². The van der Waals surface area contributed by atoms with Crippen molar-refractivity contribution in [2.45, 2.75) is 18.6 Å². The summed E-state index contributed by atoms with van der Waals surface area (Å²) in [7, 11) is 0. The van der Waals surface area contributed by atoms with Gasteiger partial charge in [-0.1, -0.05) is 59.8 Å². The normalized spacial score (nSPS) is 10.9. The number of nitrogens with one attached hydrogen (secondary N) is 1. The lowest BCUT2D eigenvalue weighted by Gasteiger charge is -2.13. The smallest absolute Gasteiger partial charge is 0.262 e. The number of halogens is 1. The lowest BCUT2D eigenvalue weighted by Crippen LogP contribution is -2.25. The number of aryl methyl sites for hydroxylation is 1. The first kappa shape index (κ1) is 20.8. The molecule has 1 heterocycles. The number of carbonyl (C=O) groups excluding carboxylic acids is 1. The summed E-state index contributed by atoms with van der Waals surface area (Å²) in [6.07, 6.45) is 0. The van der Waals surface area contributed by atoms with Crippen LogP contribution in [-0.2, 0) is 11.3 Å². The minimum Gasteiger partial charge on any atom is -0.325 e. The number of thioether (sulfide) groups is 1. The lowest BCUT2D eigenvalue weighted by molar-refractivity contribution is -0.113. The second-order valence-electron chi connectivity index (χ2n) is 7.14. The zero-order valence-corrected chi connectivity index (χ0v) is 17.7. The number of hydrogen-bond acceptors (Lipinski definition) is 4. The van der Waals surface area contributed by atoms with Crippen molar-refractivity contribution >= 4 is 34.3 Å². The molecular weight excluding hydrogens is 413 g/mol. The van der Waals surface area contributed by atoms with Gasteiger partial charge in [0, 0.05) is 5.69 Å². The molecule has 0 radical (unpaired) electrons. The van der Waals surface area contributed by atoms with Crippen molar-refractivity contribution in [1.29, 1.82) is 0 Å². The molecule has 31 heavy (non-hydrogen) atoms. The molecule has 0 atom stereocenters. The average Bonchev–Trinajstić information content (AvgIpc) is 2.76. The number of hydrogen-bond donors (Lipinski definition) is 1. The Kier molecular flexibility index (Phi) is 6.13. The van der Waals surface area contributed by atoms with Crippen LogP contribution in [0.3, 0.4) is 0 Å². The number of carbonyl (C=O) groups is 1. The molecule has 4 rings (SSSR count). The Balaban J connectivity index is 1.61. The number of aromatic nitrogens is 2. The predicted octanol–water partition coefficient (Wildman–Crippen LogP) is 4.62. The standard InChI is InChI=1S/C24H20FN3O2S/c1-16-9-11-17(12-10-16)14-28-23(30)20-7-2-3-8-21(20)27-24(28)31-15-22(29)26-19-6-4-5-18(25)13-19/h2-13H,14-15H2,1H3,(H,26,29). The summed E-state index contributed by atoms with van der Waals surface area (Å²) < 4.78 is 14.9. The second kappa shape index (κ2) is 9.14. The molecule has 7 heteroatoms. The van der Waals surface area contributed by atoms with Crippen LogP contribution >= 0.6 is 11.8 Å². The van der Waals surface area contributed by atoms with E-state index in [1.807, 2.05) is 37.3 Å². The van der Waals surface area contributed by atoms with Crippen molar-refractivity contribution in [3.8, 4) is 0 Å². The van der Waals surface area contributed by atoms with Gasteiger partial charge in [-0.2, -0.15) is 0 Å². The molecule has 5 nitrogen and oxygen atoms in total. The Bertz CT molecular complexity index is 1300. The molecular formula is C24H20FN3O2S. The monoisotopic (exact) mass is 433 g/mol. The van der Waals surface area contributed by atoms with E-state index in [4.69, 9.17) is 0 Å². The molecule has 0 aliphatic rings. The van der Waals surface area contributed by atoms with Gasteiger partial charge in [0.1, 0.15) is 5.82 Å². The topological polar surface area (TPSA) is 64.0 Å². The number of nitrogens with zero attached hydrogens (tertiary/aromatic N) is 2. The molecule has 0 bridgehead atoms. The molecule has 1 N–H and O–H groups in total. The van der Waals surface area contributed by atoms with Gasteiger partial charge in [-0.05, 0) is 42.8 Å². The van der Waals surface area contributed by atoms with E-state index in [0.717, 1.165) is 11.1 Å². The van der Waals surface area contributed by atoms with E-state index >= 15 is 0 Å². The highest BCUT2D eigenvalue weighted by Crippen LogP contribution is 2.20. The molecule has 3 aromatic carbocycles. The van der Waals surface area contributed by atoms with Crippen LogP contribution in [0.4, 0.5) is 10.1 Å². The number of anilines is 1. The van der Waals surface area contributed by atoms with Gasteiger partial charge in [-0.3, -0.25) is 14.2 Å². The molecule has 0 saturated carbocycles. The maximum absolute atomic E-state index is 13.3. The maximum Gasteiger partial charge on any atom is 0.262 e. The number of amides is 1. The molecule has 1 aromatic heterocycles. The lowest BCUT2D eigenvalue weighted by atomic mass is 10.1. The fourth-order valence-corrected chi connectivity index (χ4v) is 3.97. The first-order chi connectivity index (χ1) is 15.0. The van der Waals surface area contributed by atoms with E-state index in [-0.39, 0.29) is 17.2 Å². The molecule has 1 amide bonds. The summed E-state index contributed by atoms with van der Waals surface area (Å²) in [5.41, 5.74) is 2.92. The van der Waals surface area contributed by atoms with Gasteiger partial charge in [0.15, 0.2) is 5.16 Å². The van der Waals surface area contributed by atoms with Gasteiger partial charge in [0.2, 0.25) is 5.91 Å². The third kappa shape index (κ3) is 5.00. The Morgan fingerprint density at radius 1 is 1.06 bits per heavy atom. The average molecular weight is 434 g/mol. The van der Waals surface area contributed by atoms with Crippen LogP contribution in [0.15, 0.2) is 82.7 Å². The van der Waals surface area contributed by atoms with Gasteiger partial charge in [-0.25, -0.2) is 9.37 Å². The first-order valence-corrected chi connectivity index (χ1v) is 10.7. The van der Waals surface area contributed by atoms with Crippen molar-refractivity contribution < 1.29 is 9.18 Å². The molecule has 0 aliphatic carbocycles. The maximum atomic E-state index is 13.3. The van der Waals surface area contributed by atoms with Crippen molar-refractivity contribution in [3.05, 3.63) is 100 Å². The summed E-state index contributed by atoms with van der Waals surface area (Å²) in [5, 5.41) is 3.65. The summed E-state index contributed by atoms with van der Waals surface area (Å²) in [4.78, 5) is 30.2. The Hall–Kier alpha value is -3.45. The Morgan fingerprint density at radius 2 is 1.84 bits per heavy atom. The van der Waals surface area contributed by atoms with Gasteiger partial charge >= 0.3 is 0 Å². The summed E-state index contributed by atoms with van der Waals surface area (Å²) in [6, 6.07) is 20.8. The summed E-state index contributed by atoms with van der Waals surface area (Å²) >= 11 is 1.18. The molecule has 156 valence electrons. The zero-order valence-electron chi connectivity index (χ0n) is 16.8. The van der Waals surface area contributed by atoms with E-state index in [1.165, 1.54) is 30.0 Å². The van der Waals surface area contributed by atoms with Crippen LogP contribution < -0.4 is 10.9 Å². The molecule has 0 saturated heterocycles. The van der Waals surface area contributed by atoms with Crippen molar-refractivity contribution in [1.82, 2.24) is 9.55 Å². The van der Waals surface area contributed by atoms with Crippen LogP contribution in [0.1, 0.15) is 11.1 Å². The number of benzene rings is 3. The number of para-hydroxylation sites is 1. The van der Waals surface area contributed by atoms with Crippen molar-refractivity contribution in [3.63, 3.8) is 0 Å². The number of rotatable bonds is 6. The largest absolute Gasteiger partial charge is 0.325 e. The highest BCUT2D eigenvalue weighted by Gasteiger charge is 2.14. The van der Waals surface area contributed by atoms with E-state index in [1.54, 1.807) is 28.8 Å². The Morgan fingerprint density at radius 3 is 2.61 bits per heavy atom. The predicted molar refractivity (Wildman–Crippen MR) is 122 cm³/mol. The highest BCUT2D eigenvalue weighted by atomic mass is 32.2. The van der Waals surface area contributed by atoms with Gasteiger partial charge < -0.3 is 5.32 Å². The highest BCUT2D eigenvalue weighted by molar-refractivity contribution is 7.99. The molecule has 0 spiro atoms. The second-order valence-corrected chi connectivity index (χ2v) is 8.08. The zero-order chi connectivity index (χ0) is 21.8. The van der Waals surface area contributed by atoms with Crippen LogP contribution in [0, 0.1) is 12.7 Å². The molecule has 0 unspecified atom stereocenters. The van der Waals surface area contributed by atoms with Crippen LogP contribution in [0.2, 0.25) is 0 Å². The van der Waals surface area contributed by atoms with Crippen LogP contribution in [-0.4, -0.2) is 21.2 Å². The Labute approximate surface area is 182 Å². The summed E-state index contributed by atoms with van der Waals surface area (Å²) in [5.74, 6) is -0.691. The fourth-order valence-electron chi connectivity index (χ4n) is 3.17. The fraction of sp³-hybridized carbons (Fsp3) is 0.125. The van der Waals surface area contributed by atoms with Gasteiger partial charge in [0.25, 0.3) is 5.56 Å². The van der Waals surface area contributed by atoms with Crippen molar-refractivity contribution in [2.75, 3.05) is 11.1 Å². The van der Waals surface area contributed by atoms with Gasteiger partial charge in [-0.15, -0.1) is 0 Å². The van der Waals surface area contributed by atoms with E-state index in [2.05, 4.69) is 10.3 Å². The molecule has 0 aliphatic heterocycles. The summed E-state index contributed by atoms with van der Waals surface area (Å²) in [6.45, 7) is 2.36. The third-order valence-electron chi connectivity index (χ3n) is 4.73. The quantitative estimate of drug-likeness (QED) is 0.356. The first-order valence-electron chi connectivity index (χ1n) is 9.73. The molecule has 0 fully saturated rings. The third-order valence-corrected chi connectivity index (χ3v) is 5.71. The van der Waals surface area contributed by atoms with Crippen molar-refractivity contribution in [2.24, 2.45) is 0 Å². The SMILES string of the molecule is Cc1ccc(Cn2c(SCC(=O)Nc3cccc(F)c3)nc3ccccc3c2=O)cc1.